The van der Waals surface area contributed by atoms with Crippen LogP contribution in [0.4, 0.5) is 5.69 Å². The average Bonchev–Trinajstić information content (AvgIpc) is 3.29. The van der Waals surface area contributed by atoms with Gasteiger partial charge in [0.25, 0.3) is 0 Å². The van der Waals surface area contributed by atoms with Crippen molar-refractivity contribution in [2.45, 2.75) is 0 Å². The molecule has 56 heavy (non-hydrogen) atoms. The molecule has 6 nitrogen and oxygen atoms in total. The Bertz CT molecular complexity index is 2850. The number of hydrogen-bond acceptors (Lipinski definition) is 5. The second kappa shape index (κ2) is 15.2. The molecule has 262 valence electrons. The lowest BCUT2D eigenvalue weighted by Gasteiger charge is -2.12. The van der Waals surface area contributed by atoms with E-state index in [-0.39, 0.29) is 0 Å². The van der Waals surface area contributed by atoms with E-state index < -0.39 is 0 Å². The van der Waals surface area contributed by atoms with Gasteiger partial charge in [-0.1, -0.05) is 176 Å². The molecule has 0 spiro atoms. The third-order valence-corrected chi connectivity index (χ3v) is 9.59. The Morgan fingerprint density at radius 2 is 0.679 bits per heavy atom. The first-order valence-electron chi connectivity index (χ1n) is 18.3. The first kappa shape index (κ1) is 33.9. The minimum Gasteiger partial charge on any atom is -0.237 e. The predicted molar refractivity (Wildman–Crippen MR) is 225 cm³/mol. The zero-order chi connectivity index (χ0) is 37.7. The van der Waals surface area contributed by atoms with Crippen molar-refractivity contribution in [1.29, 1.82) is 0 Å². The highest BCUT2D eigenvalue weighted by molar-refractivity contribution is 5.79. The molecule has 0 N–H and O–H groups in total. The SMILES string of the molecule is [C-]#[N+]c1ccccc1-c1nc(-c2ccccc2)nc(-c2cccc(-c3ccc(-c4cc(-c5ccccc5)nc(-c5cccc(-c6ccccc6)c5)n4)cc3)c2)n1. The van der Waals surface area contributed by atoms with Crippen LogP contribution in [0.3, 0.4) is 0 Å². The molecule has 7 aromatic carbocycles. The fourth-order valence-electron chi connectivity index (χ4n) is 6.72. The summed E-state index contributed by atoms with van der Waals surface area (Å²) in [5, 5.41) is 0. The van der Waals surface area contributed by atoms with Crippen LogP contribution in [-0.2, 0) is 0 Å². The second-order valence-corrected chi connectivity index (χ2v) is 13.2. The summed E-state index contributed by atoms with van der Waals surface area (Å²) in [7, 11) is 0. The maximum absolute atomic E-state index is 7.75. The van der Waals surface area contributed by atoms with E-state index in [4.69, 9.17) is 31.5 Å². The number of nitrogens with zero attached hydrogens (tertiary/aromatic N) is 6. The molecule has 9 aromatic rings. The maximum atomic E-state index is 7.75. The van der Waals surface area contributed by atoms with Gasteiger partial charge in [0.1, 0.15) is 0 Å². The molecule has 2 heterocycles. The highest BCUT2D eigenvalue weighted by Crippen LogP contribution is 2.34. The Hall–Kier alpha value is -7.88. The minimum atomic E-state index is 0.459. The van der Waals surface area contributed by atoms with Crippen LogP contribution in [0.2, 0.25) is 0 Å². The quantitative estimate of drug-likeness (QED) is 0.146. The summed E-state index contributed by atoms with van der Waals surface area (Å²) >= 11 is 0. The maximum Gasteiger partial charge on any atom is 0.198 e. The summed E-state index contributed by atoms with van der Waals surface area (Å²) < 4.78 is 0. The zero-order valence-corrected chi connectivity index (χ0v) is 30.2. The van der Waals surface area contributed by atoms with Crippen LogP contribution in [0.25, 0.3) is 95.2 Å². The van der Waals surface area contributed by atoms with E-state index in [9.17, 15) is 0 Å². The van der Waals surface area contributed by atoms with Gasteiger partial charge in [-0.15, -0.1) is 0 Å². The fourth-order valence-corrected chi connectivity index (χ4v) is 6.72. The van der Waals surface area contributed by atoms with Gasteiger partial charge >= 0.3 is 0 Å². The van der Waals surface area contributed by atoms with E-state index in [2.05, 4.69) is 108 Å². The smallest absolute Gasteiger partial charge is 0.198 e. The van der Waals surface area contributed by atoms with Gasteiger partial charge in [-0.2, -0.15) is 0 Å². The molecule has 0 fully saturated rings. The van der Waals surface area contributed by atoms with E-state index in [1.165, 1.54) is 0 Å². The highest BCUT2D eigenvalue weighted by Gasteiger charge is 2.16. The van der Waals surface area contributed by atoms with Gasteiger partial charge < -0.3 is 0 Å². The molecule has 0 radical (unpaired) electrons. The van der Waals surface area contributed by atoms with Gasteiger partial charge in [-0.25, -0.2) is 29.8 Å². The molecule has 0 aliphatic carbocycles. The molecule has 6 heteroatoms. The van der Waals surface area contributed by atoms with E-state index in [0.29, 0.717) is 34.5 Å². The van der Waals surface area contributed by atoms with Gasteiger partial charge in [-0.05, 0) is 40.5 Å². The van der Waals surface area contributed by atoms with Crippen LogP contribution in [0, 0.1) is 6.57 Å². The van der Waals surface area contributed by atoms with Crippen molar-refractivity contribution in [3.05, 3.63) is 206 Å². The summed E-state index contributed by atoms with van der Waals surface area (Å²) in [6, 6.07) is 65.0. The van der Waals surface area contributed by atoms with Crippen LogP contribution >= 0.6 is 0 Å². The largest absolute Gasteiger partial charge is 0.237 e. The summed E-state index contributed by atoms with van der Waals surface area (Å²) in [4.78, 5) is 28.5. The van der Waals surface area contributed by atoms with Crippen LogP contribution in [0.5, 0.6) is 0 Å². The Kier molecular flexibility index (Phi) is 9.23. The normalized spacial score (nSPS) is 10.8. The Balaban J connectivity index is 1.08. The third-order valence-electron chi connectivity index (χ3n) is 9.59. The van der Waals surface area contributed by atoms with Crippen molar-refractivity contribution < 1.29 is 0 Å². The van der Waals surface area contributed by atoms with Crippen LogP contribution in [-0.4, -0.2) is 24.9 Å². The molecule has 0 aliphatic rings. The lowest BCUT2D eigenvalue weighted by atomic mass is 9.99. The van der Waals surface area contributed by atoms with Gasteiger partial charge in [-0.3, -0.25) is 0 Å². The number of hydrogen-bond donors (Lipinski definition) is 0. The molecule has 0 amide bonds. The topological polar surface area (TPSA) is 68.8 Å². The van der Waals surface area contributed by atoms with E-state index in [0.717, 1.165) is 61.5 Å². The minimum absolute atomic E-state index is 0.459. The first-order valence-corrected chi connectivity index (χ1v) is 18.3. The van der Waals surface area contributed by atoms with Crippen molar-refractivity contribution in [2.75, 3.05) is 0 Å². The predicted octanol–water partition coefficient (Wildman–Crippen LogP) is 12.5. The molecule has 0 saturated heterocycles. The van der Waals surface area contributed by atoms with E-state index >= 15 is 0 Å². The third kappa shape index (κ3) is 7.08. The molecule has 9 rings (SSSR count). The molecular formula is C50H32N6. The highest BCUT2D eigenvalue weighted by atomic mass is 15.0. The zero-order valence-electron chi connectivity index (χ0n) is 30.2. The number of benzene rings is 7. The number of aromatic nitrogens is 5. The van der Waals surface area contributed by atoms with Gasteiger partial charge in [0.2, 0.25) is 0 Å². The monoisotopic (exact) mass is 716 g/mol. The molecule has 0 aliphatic heterocycles. The van der Waals surface area contributed by atoms with Crippen molar-refractivity contribution >= 4 is 5.69 Å². The van der Waals surface area contributed by atoms with Crippen molar-refractivity contribution in [3.8, 4) is 90.3 Å². The lowest BCUT2D eigenvalue weighted by Crippen LogP contribution is -2.00. The second-order valence-electron chi connectivity index (χ2n) is 13.2. The van der Waals surface area contributed by atoms with Crippen LogP contribution < -0.4 is 0 Å². The number of rotatable bonds is 8. The first-order chi connectivity index (χ1) is 27.7. The molecule has 2 aromatic heterocycles. The Morgan fingerprint density at radius 3 is 1.27 bits per heavy atom. The van der Waals surface area contributed by atoms with Crippen LogP contribution in [0.1, 0.15) is 0 Å². The molecular weight excluding hydrogens is 685 g/mol. The van der Waals surface area contributed by atoms with E-state index in [1.807, 2.05) is 84.9 Å². The molecule has 0 bridgehead atoms. The van der Waals surface area contributed by atoms with E-state index in [1.54, 1.807) is 6.07 Å². The molecule has 0 saturated carbocycles. The van der Waals surface area contributed by atoms with Crippen molar-refractivity contribution in [2.24, 2.45) is 0 Å². The lowest BCUT2D eigenvalue weighted by molar-refractivity contribution is 1.07. The molecule has 0 unspecified atom stereocenters. The summed E-state index contributed by atoms with van der Waals surface area (Å²) in [6.07, 6.45) is 0. The van der Waals surface area contributed by atoms with Gasteiger partial charge in [0.05, 0.1) is 18.0 Å². The van der Waals surface area contributed by atoms with Crippen LogP contribution in [0.15, 0.2) is 194 Å². The standard InChI is InChI=1S/C50H32N6/c1-51-44-26-12-11-25-43(44)50-55-47(38-19-9-4-10-20-38)54-49(56-50)42-24-14-22-40(32-42)35-27-29-37(30-28-35)46-33-45(36-17-7-3-8-18-36)52-48(53-46)41-23-13-21-39(31-41)34-15-5-2-6-16-34/h2-33H. The summed E-state index contributed by atoms with van der Waals surface area (Å²) in [6.45, 7) is 7.75. The van der Waals surface area contributed by atoms with Crippen molar-refractivity contribution in [1.82, 2.24) is 24.9 Å². The Morgan fingerprint density at radius 1 is 0.286 bits per heavy atom. The number of para-hydroxylation sites is 1. The van der Waals surface area contributed by atoms with Gasteiger partial charge in [0.15, 0.2) is 29.0 Å². The summed E-state index contributed by atoms with van der Waals surface area (Å²) in [5.74, 6) is 2.21. The fraction of sp³-hybridized carbons (Fsp3) is 0. The van der Waals surface area contributed by atoms with Crippen molar-refractivity contribution in [3.63, 3.8) is 0 Å². The summed E-state index contributed by atoms with van der Waals surface area (Å²) in [5.41, 5.74) is 11.9. The molecule has 0 atom stereocenters. The Labute approximate surface area is 325 Å². The van der Waals surface area contributed by atoms with Gasteiger partial charge in [0, 0.05) is 33.4 Å². The average molecular weight is 717 g/mol.